The van der Waals surface area contributed by atoms with Crippen LogP contribution in [0.25, 0.3) is 0 Å². The number of aromatic hydroxyl groups is 1. The number of hydrogen-bond donors (Lipinski definition) is 2. The molecule has 0 saturated heterocycles. The molecule has 0 aliphatic heterocycles. The fourth-order valence-corrected chi connectivity index (χ4v) is 6.30. The summed E-state index contributed by atoms with van der Waals surface area (Å²) in [5, 5.41) is 20.0. The zero-order valence-corrected chi connectivity index (χ0v) is 19.2. The minimum absolute atomic E-state index is 0.251. The molecule has 3 rings (SSSR count). The number of fused-ring (bicyclic) bond motifs is 1. The van der Waals surface area contributed by atoms with Crippen LogP contribution in [0, 0.1) is 36.5 Å². The Balaban J connectivity index is 1.89. The van der Waals surface area contributed by atoms with Gasteiger partial charge in [-0.25, -0.2) is 0 Å². The average molecular weight is 415 g/mol. The van der Waals surface area contributed by atoms with Crippen molar-refractivity contribution in [3.05, 3.63) is 34.4 Å². The van der Waals surface area contributed by atoms with E-state index in [2.05, 4.69) is 20.8 Å². The molecule has 0 radical (unpaired) electrons. The Morgan fingerprint density at radius 2 is 1.90 bits per heavy atom. The summed E-state index contributed by atoms with van der Waals surface area (Å²) < 4.78 is 5.45. The standard InChI is InChI=1S/C26H38O4/c1-15(2)20-8-9-23-22(21(20)10-11-25(27)28)7-6-16(3)24(23)14-18-13-19(30-5)12-17(4)26(18)29/h12-13,16,21-24,29H,6-11,14H2,1-5H3,(H,27,28). The fourth-order valence-electron chi connectivity index (χ4n) is 6.30. The number of aryl methyl sites for hydroxylation is 1. The molecule has 4 nitrogen and oxygen atoms in total. The molecule has 0 bridgehead atoms. The van der Waals surface area contributed by atoms with Gasteiger partial charge in [0.05, 0.1) is 7.11 Å². The van der Waals surface area contributed by atoms with Crippen molar-refractivity contribution in [2.75, 3.05) is 7.11 Å². The molecular formula is C26H38O4. The van der Waals surface area contributed by atoms with Gasteiger partial charge in [0.15, 0.2) is 0 Å². The van der Waals surface area contributed by atoms with Crippen LogP contribution in [0.15, 0.2) is 23.3 Å². The second-order valence-corrected chi connectivity index (χ2v) is 9.81. The maximum absolute atomic E-state index is 11.3. The molecular weight excluding hydrogens is 376 g/mol. The number of aliphatic carboxylic acids is 1. The fraction of sp³-hybridized carbons (Fsp3) is 0.654. The van der Waals surface area contributed by atoms with Crippen LogP contribution in [0.2, 0.25) is 0 Å². The lowest BCUT2D eigenvalue weighted by Crippen LogP contribution is -2.42. The van der Waals surface area contributed by atoms with Gasteiger partial charge in [0.1, 0.15) is 11.5 Å². The molecule has 166 valence electrons. The van der Waals surface area contributed by atoms with Gasteiger partial charge in [-0.1, -0.05) is 24.5 Å². The first-order valence-electron chi connectivity index (χ1n) is 11.5. The number of rotatable bonds is 6. The third-order valence-corrected chi connectivity index (χ3v) is 7.85. The summed E-state index contributed by atoms with van der Waals surface area (Å²) in [6.07, 6.45) is 6.49. The number of carbonyl (C=O) groups is 1. The van der Waals surface area contributed by atoms with Crippen molar-refractivity contribution < 1.29 is 19.7 Å². The minimum Gasteiger partial charge on any atom is -0.507 e. The molecule has 5 atom stereocenters. The second-order valence-electron chi connectivity index (χ2n) is 9.81. The van der Waals surface area contributed by atoms with Crippen molar-refractivity contribution in [3.8, 4) is 11.5 Å². The molecule has 2 aliphatic rings. The number of hydrogen-bond acceptors (Lipinski definition) is 3. The summed E-state index contributed by atoms with van der Waals surface area (Å²) in [5.41, 5.74) is 4.73. The Hall–Kier alpha value is -1.97. The molecule has 0 heterocycles. The molecule has 1 aromatic rings. The molecule has 0 amide bonds. The molecule has 30 heavy (non-hydrogen) atoms. The molecule has 2 saturated carbocycles. The Morgan fingerprint density at radius 1 is 1.17 bits per heavy atom. The lowest BCUT2D eigenvalue weighted by Gasteiger charge is -2.50. The van der Waals surface area contributed by atoms with Gasteiger partial charge in [0.2, 0.25) is 0 Å². The molecule has 1 aromatic carbocycles. The maximum atomic E-state index is 11.3. The van der Waals surface area contributed by atoms with Crippen molar-refractivity contribution in [3.63, 3.8) is 0 Å². The second kappa shape index (κ2) is 9.45. The quantitative estimate of drug-likeness (QED) is 0.549. The highest BCUT2D eigenvalue weighted by Crippen LogP contribution is 2.53. The predicted molar refractivity (Wildman–Crippen MR) is 120 cm³/mol. The zero-order chi connectivity index (χ0) is 22.0. The summed E-state index contributed by atoms with van der Waals surface area (Å²) in [6, 6.07) is 3.88. The third-order valence-electron chi connectivity index (χ3n) is 7.85. The molecule has 2 N–H and O–H groups in total. The van der Waals surface area contributed by atoms with Crippen LogP contribution in [0.3, 0.4) is 0 Å². The van der Waals surface area contributed by atoms with Gasteiger partial charge < -0.3 is 14.9 Å². The molecule has 2 fully saturated rings. The number of ether oxygens (including phenoxy) is 1. The third kappa shape index (κ3) is 4.68. The van der Waals surface area contributed by atoms with E-state index in [1.807, 2.05) is 19.1 Å². The van der Waals surface area contributed by atoms with E-state index in [0.29, 0.717) is 35.3 Å². The lowest BCUT2D eigenvalue weighted by molar-refractivity contribution is -0.137. The molecule has 4 heteroatoms. The van der Waals surface area contributed by atoms with Gasteiger partial charge in [-0.15, -0.1) is 0 Å². The van der Waals surface area contributed by atoms with E-state index in [0.717, 1.165) is 36.1 Å². The van der Waals surface area contributed by atoms with E-state index < -0.39 is 5.97 Å². The SMILES string of the molecule is COc1cc(C)c(O)c(CC2C(C)CCC3C(CCC(=O)O)C(=C(C)C)CCC23)c1. The van der Waals surface area contributed by atoms with Gasteiger partial charge in [-0.3, -0.25) is 4.79 Å². The maximum Gasteiger partial charge on any atom is 0.303 e. The molecule has 2 aliphatic carbocycles. The number of allylic oxidation sites excluding steroid dienone is 2. The highest BCUT2D eigenvalue weighted by molar-refractivity contribution is 5.66. The largest absolute Gasteiger partial charge is 0.507 e. The average Bonchev–Trinajstić information content (AvgIpc) is 2.70. The van der Waals surface area contributed by atoms with Crippen LogP contribution in [-0.2, 0) is 11.2 Å². The van der Waals surface area contributed by atoms with E-state index in [-0.39, 0.29) is 6.42 Å². The van der Waals surface area contributed by atoms with Gasteiger partial charge in [-0.05, 0) is 106 Å². The van der Waals surface area contributed by atoms with E-state index in [1.165, 1.54) is 30.4 Å². The van der Waals surface area contributed by atoms with E-state index in [4.69, 9.17) is 4.74 Å². The Labute approximate surface area is 181 Å². The molecule has 0 aromatic heterocycles. The minimum atomic E-state index is -0.692. The number of carboxylic acids is 1. The van der Waals surface area contributed by atoms with Gasteiger partial charge >= 0.3 is 5.97 Å². The summed E-state index contributed by atoms with van der Waals surface area (Å²) >= 11 is 0. The van der Waals surface area contributed by atoms with Crippen molar-refractivity contribution in [1.29, 1.82) is 0 Å². The molecule has 5 unspecified atom stereocenters. The Kier molecular flexibility index (Phi) is 7.15. The predicted octanol–water partition coefficient (Wildman–Crippen LogP) is 6.14. The van der Waals surface area contributed by atoms with Gasteiger partial charge in [-0.2, -0.15) is 0 Å². The number of phenolic OH excluding ortho intramolecular Hbond substituents is 1. The van der Waals surface area contributed by atoms with Crippen LogP contribution < -0.4 is 4.74 Å². The first-order chi connectivity index (χ1) is 14.2. The summed E-state index contributed by atoms with van der Waals surface area (Å²) in [4.78, 5) is 11.3. The first-order valence-corrected chi connectivity index (χ1v) is 11.5. The Morgan fingerprint density at radius 3 is 2.53 bits per heavy atom. The summed E-state index contributed by atoms with van der Waals surface area (Å²) in [5.74, 6) is 3.14. The number of phenols is 1. The summed E-state index contributed by atoms with van der Waals surface area (Å²) in [7, 11) is 1.67. The highest BCUT2D eigenvalue weighted by atomic mass is 16.5. The first kappa shape index (κ1) is 22.7. The van der Waals surface area contributed by atoms with E-state index in [1.54, 1.807) is 7.11 Å². The highest BCUT2D eigenvalue weighted by Gasteiger charge is 2.44. The monoisotopic (exact) mass is 414 g/mol. The van der Waals surface area contributed by atoms with Crippen LogP contribution in [0.1, 0.15) is 70.4 Å². The number of benzene rings is 1. The molecule has 0 spiro atoms. The van der Waals surface area contributed by atoms with Crippen LogP contribution in [0.4, 0.5) is 0 Å². The zero-order valence-electron chi connectivity index (χ0n) is 19.2. The topological polar surface area (TPSA) is 66.8 Å². The lowest BCUT2D eigenvalue weighted by atomic mass is 9.55. The summed E-state index contributed by atoms with van der Waals surface area (Å²) in [6.45, 7) is 8.65. The normalized spacial score (nSPS) is 28.7. The van der Waals surface area contributed by atoms with Crippen LogP contribution >= 0.6 is 0 Å². The van der Waals surface area contributed by atoms with E-state index in [9.17, 15) is 15.0 Å². The van der Waals surface area contributed by atoms with Crippen LogP contribution in [0.5, 0.6) is 11.5 Å². The Bertz CT molecular complexity index is 805. The van der Waals surface area contributed by atoms with Crippen molar-refractivity contribution in [1.82, 2.24) is 0 Å². The van der Waals surface area contributed by atoms with Crippen LogP contribution in [-0.4, -0.2) is 23.3 Å². The van der Waals surface area contributed by atoms with Crippen molar-refractivity contribution >= 4 is 5.97 Å². The van der Waals surface area contributed by atoms with Gasteiger partial charge in [0, 0.05) is 6.42 Å². The van der Waals surface area contributed by atoms with Crippen molar-refractivity contribution in [2.24, 2.45) is 29.6 Å². The smallest absolute Gasteiger partial charge is 0.303 e. The van der Waals surface area contributed by atoms with E-state index >= 15 is 0 Å². The van der Waals surface area contributed by atoms with Gasteiger partial charge in [0.25, 0.3) is 0 Å². The van der Waals surface area contributed by atoms with Crippen molar-refractivity contribution in [2.45, 2.75) is 72.6 Å². The number of carboxylic acid groups (broad SMARTS) is 1. The number of methoxy groups -OCH3 is 1.